The lowest BCUT2D eigenvalue weighted by atomic mass is 10.1. The minimum absolute atomic E-state index is 0.113. The Kier molecular flexibility index (Phi) is 6.44. The van der Waals surface area contributed by atoms with E-state index in [9.17, 15) is 19.2 Å². The van der Waals surface area contributed by atoms with Crippen molar-refractivity contribution in [3.63, 3.8) is 0 Å². The average molecular weight is 460 g/mol. The molecule has 0 unspecified atom stereocenters. The number of anilines is 2. The molecule has 9 nitrogen and oxygen atoms in total. The third kappa shape index (κ3) is 4.40. The molecule has 0 bridgehead atoms. The molecule has 0 atom stereocenters. The van der Waals surface area contributed by atoms with Gasteiger partial charge in [0.25, 0.3) is 11.5 Å². The second kappa shape index (κ2) is 9.62. The van der Waals surface area contributed by atoms with Gasteiger partial charge in [0.2, 0.25) is 5.56 Å². The van der Waals surface area contributed by atoms with Crippen LogP contribution in [0.15, 0.2) is 75.0 Å². The molecule has 0 spiro atoms. The molecule has 0 aliphatic rings. The summed E-state index contributed by atoms with van der Waals surface area (Å²) in [6.07, 6.45) is 1.34. The fourth-order valence-electron chi connectivity index (χ4n) is 3.92. The monoisotopic (exact) mass is 459 g/mol. The Morgan fingerprint density at radius 2 is 1.71 bits per heavy atom. The van der Waals surface area contributed by atoms with Crippen molar-refractivity contribution in [2.45, 2.75) is 26.3 Å². The van der Waals surface area contributed by atoms with Gasteiger partial charge >= 0.3 is 5.69 Å². The van der Waals surface area contributed by atoms with Crippen LogP contribution in [0.4, 0.5) is 11.5 Å². The normalized spacial score (nSPS) is 11.0. The van der Waals surface area contributed by atoms with Crippen LogP contribution in [0.1, 0.15) is 35.7 Å². The highest BCUT2D eigenvalue weighted by Crippen LogP contribution is 2.23. The van der Waals surface area contributed by atoms with Crippen molar-refractivity contribution in [1.29, 1.82) is 0 Å². The third-order valence-electron chi connectivity index (χ3n) is 5.63. The van der Waals surface area contributed by atoms with E-state index in [1.54, 1.807) is 24.3 Å². The summed E-state index contributed by atoms with van der Waals surface area (Å²) in [5.74, 6) is -0.658. The van der Waals surface area contributed by atoms with Gasteiger partial charge in [0, 0.05) is 23.5 Å². The van der Waals surface area contributed by atoms with E-state index < -0.39 is 22.7 Å². The minimum atomic E-state index is -0.759. The highest BCUT2D eigenvalue weighted by atomic mass is 16.2. The quantitative estimate of drug-likeness (QED) is 0.390. The van der Waals surface area contributed by atoms with Gasteiger partial charge in [-0.25, -0.2) is 4.79 Å². The number of carbonyl (C=O) groups is 1. The van der Waals surface area contributed by atoms with Gasteiger partial charge in [-0.05, 0) is 18.1 Å². The lowest BCUT2D eigenvalue weighted by Gasteiger charge is -2.25. The summed E-state index contributed by atoms with van der Waals surface area (Å²) < 4.78 is 1.23. The number of hydrogen-bond donors (Lipinski definition) is 3. The van der Waals surface area contributed by atoms with E-state index in [4.69, 9.17) is 5.73 Å². The fraction of sp³-hybridized carbons (Fsp3) is 0.200. The van der Waals surface area contributed by atoms with Crippen molar-refractivity contribution in [1.82, 2.24) is 14.5 Å². The highest BCUT2D eigenvalue weighted by Gasteiger charge is 2.26. The number of unbranched alkanes of at least 4 members (excludes halogenated alkanes) is 1. The topological polar surface area (TPSA) is 134 Å². The Labute approximate surface area is 194 Å². The maximum absolute atomic E-state index is 13.8. The van der Waals surface area contributed by atoms with Crippen LogP contribution in [0, 0.1) is 0 Å². The van der Waals surface area contributed by atoms with Crippen molar-refractivity contribution in [3.8, 4) is 0 Å². The number of carbonyl (C=O) groups excluding carboxylic acids is 1. The first kappa shape index (κ1) is 22.8. The molecule has 0 aliphatic carbocycles. The summed E-state index contributed by atoms with van der Waals surface area (Å²) in [4.78, 5) is 57.8. The largest absolute Gasteiger partial charge is 0.383 e. The number of amides is 1. The number of para-hydroxylation sites is 1. The van der Waals surface area contributed by atoms with E-state index in [1.165, 1.54) is 15.5 Å². The number of rotatable bonds is 7. The van der Waals surface area contributed by atoms with Crippen LogP contribution in [0.5, 0.6) is 0 Å². The number of nitrogens with two attached hydrogens (primary N) is 1. The molecule has 4 rings (SSSR count). The smallest absolute Gasteiger partial charge is 0.330 e. The van der Waals surface area contributed by atoms with Crippen LogP contribution < -0.4 is 27.4 Å². The Morgan fingerprint density at radius 1 is 1.00 bits per heavy atom. The van der Waals surface area contributed by atoms with E-state index in [2.05, 4.69) is 9.97 Å². The zero-order valence-electron chi connectivity index (χ0n) is 18.7. The first-order valence-electron chi connectivity index (χ1n) is 11.0. The van der Waals surface area contributed by atoms with Crippen molar-refractivity contribution >= 4 is 28.3 Å². The lowest BCUT2D eigenvalue weighted by molar-refractivity contribution is 0.0987. The molecule has 0 saturated heterocycles. The van der Waals surface area contributed by atoms with Crippen LogP contribution in [0.25, 0.3) is 10.9 Å². The molecule has 9 heteroatoms. The molecule has 1 amide bonds. The van der Waals surface area contributed by atoms with Crippen molar-refractivity contribution < 1.29 is 4.79 Å². The lowest BCUT2D eigenvalue weighted by Crippen LogP contribution is -2.42. The second-order valence-corrected chi connectivity index (χ2v) is 7.97. The number of pyridine rings is 1. The summed E-state index contributed by atoms with van der Waals surface area (Å²) in [5.41, 5.74) is 5.83. The molecule has 4 N–H and O–H groups in total. The predicted molar refractivity (Wildman–Crippen MR) is 132 cm³/mol. The summed E-state index contributed by atoms with van der Waals surface area (Å²) in [7, 11) is 0. The molecule has 0 radical (unpaired) electrons. The average Bonchev–Trinajstić information content (AvgIpc) is 2.83. The number of hydrogen-bond acceptors (Lipinski definition) is 5. The van der Waals surface area contributed by atoms with Crippen molar-refractivity contribution in [2.24, 2.45) is 0 Å². The maximum atomic E-state index is 13.8. The highest BCUT2D eigenvalue weighted by molar-refractivity contribution is 6.14. The number of fused-ring (bicyclic) bond motifs is 1. The van der Waals surface area contributed by atoms with Gasteiger partial charge in [0.15, 0.2) is 5.69 Å². The summed E-state index contributed by atoms with van der Waals surface area (Å²) >= 11 is 0. The van der Waals surface area contributed by atoms with Gasteiger partial charge in [-0.3, -0.25) is 23.9 Å². The molecule has 2 heterocycles. The number of aromatic nitrogens is 3. The van der Waals surface area contributed by atoms with E-state index in [0.29, 0.717) is 17.3 Å². The molecule has 0 aliphatic heterocycles. The predicted octanol–water partition coefficient (Wildman–Crippen LogP) is 2.46. The molecule has 4 aromatic rings. The van der Waals surface area contributed by atoms with E-state index in [1.807, 2.05) is 37.3 Å². The van der Waals surface area contributed by atoms with Gasteiger partial charge in [-0.15, -0.1) is 0 Å². The Balaban J connectivity index is 1.88. The van der Waals surface area contributed by atoms with Gasteiger partial charge < -0.3 is 15.6 Å². The Hall–Kier alpha value is -4.40. The molecule has 2 aromatic carbocycles. The molecule has 34 heavy (non-hydrogen) atoms. The van der Waals surface area contributed by atoms with Gasteiger partial charge in [-0.1, -0.05) is 61.9 Å². The van der Waals surface area contributed by atoms with E-state index >= 15 is 0 Å². The van der Waals surface area contributed by atoms with Crippen LogP contribution in [0.2, 0.25) is 0 Å². The molecular formula is C25H25N5O4. The van der Waals surface area contributed by atoms with Crippen molar-refractivity contribution in [2.75, 3.05) is 17.2 Å². The second-order valence-electron chi connectivity index (χ2n) is 7.97. The van der Waals surface area contributed by atoms with Crippen LogP contribution in [-0.4, -0.2) is 27.0 Å². The number of H-pyrrole nitrogens is 2. The Morgan fingerprint density at radius 3 is 2.44 bits per heavy atom. The molecule has 0 fully saturated rings. The zero-order valence-corrected chi connectivity index (χ0v) is 18.7. The summed E-state index contributed by atoms with van der Waals surface area (Å²) in [5, 5.41) is 0.543. The number of benzene rings is 2. The minimum Gasteiger partial charge on any atom is -0.383 e. The Bertz CT molecular complexity index is 1520. The van der Waals surface area contributed by atoms with Crippen molar-refractivity contribution in [3.05, 3.63) is 103 Å². The summed E-state index contributed by atoms with van der Waals surface area (Å²) in [6, 6.07) is 17.3. The summed E-state index contributed by atoms with van der Waals surface area (Å²) in [6.45, 7) is 2.27. The van der Waals surface area contributed by atoms with Gasteiger partial charge in [0.1, 0.15) is 5.82 Å². The molecule has 2 aromatic heterocycles. The SMILES string of the molecule is CCCCN(C(=O)c1cc(=O)[nH]c2ccccc12)c1c(N)n(Cc2ccccc2)c(=O)[nH]c1=O. The number of nitrogens with one attached hydrogen (secondary N) is 2. The van der Waals surface area contributed by atoms with E-state index in [-0.39, 0.29) is 30.2 Å². The van der Waals surface area contributed by atoms with E-state index in [0.717, 1.165) is 12.0 Å². The van der Waals surface area contributed by atoms with Crippen LogP contribution in [-0.2, 0) is 6.54 Å². The molecule has 0 saturated carbocycles. The van der Waals surface area contributed by atoms with Crippen LogP contribution >= 0.6 is 0 Å². The van der Waals surface area contributed by atoms with Crippen LogP contribution in [0.3, 0.4) is 0 Å². The van der Waals surface area contributed by atoms with Gasteiger partial charge in [-0.2, -0.15) is 0 Å². The molecule has 174 valence electrons. The van der Waals surface area contributed by atoms with Gasteiger partial charge in [0.05, 0.1) is 12.1 Å². The number of aromatic amines is 2. The molecular weight excluding hydrogens is 434 g/mol. The standard InChI is InChI=1S/C25H25N5O4/c1-2-3-13-29(24(33)18-14-20(31)27-19-12-8-7-11-17(18)19)21-22(26)30(25(34)28-23(21)32)15-16-9-5-4-6-10-16/h4-12,14H,2-3,13,15,26H2,1H3,(H,27,31)(H,28,32,34). The number of nitrogens with zero attached hydrogens (tertiary/aromatic N) is 2. The zero-order chi connectivity index (χ0) is 24.2. The number of nitrogen functional groups attached to an aromatic ring is 1. The first-order valence-corrected chi connectivity index (χ1v) is 11.0. The first-order chi connectivity index (χ1) is 16.4. The fourth-order valence-corrected chi connectivity index (χ4v) is 3.92. The maximum Gasteiger partial charge on any atom is 0.330 e. The third-order valence-corrected chi connectivity index (χ3v) is 5.63.